The van der Waals surface area contributed by atoms with E-state index in [1.807, 2.05) is 19.9 Å². The molecule has 3 nitrogen and oxygen atoms in total. The standard InChI is InChI=1S/C14H20ClNO2S/c1-11-6-7-14(9-12(11)2)19(17,18)16-8-4-3-5-13(16)10-15/h6-7,9,13H,3-5,8,10H2,1-2H3. The van der Waals surface area contributed by atoms with Crippen LogP contribution in [0.1, 0.15) is 30.4 Å². The van der Waals surface area contributed by atoms with E-state index in [-0.39, 0.29) is 6.04 Å². The van der Waals surface area contributed by atoms with Crippen molar-refractivity contribution >= 4 is 21.6 Å². The van der Waals surface area contributed by atoms with Crippen LogP contribution < -0.4 is 0 Å². The van der Waals surface area contributed by atoms with Gasteiger partial charge < -0.3 is 0 Å². The number of halogens is 1. The van der Waals surface area contributed by atoms with Crippen molar-refractivity contribution in [2.75, 3.05) is 12.4 Å². The first kappa shape index (κ1) is 14.8. The Morgan fingerprint density at radius 3 is 2.63 bits per heavy atom. The van der Waals surface area contributed by atoms with Gasteiger partial charge in [-0.05, 0) is 49.9 Å². The molecule has 19 heavy (non-hydrogen) atoms. The monoisotopic (exact) mass is 301 g/mol. The summed E-state index contributed by atoms with van der Waals surface area (Å²) in [5.41, 5.74) is 2.10. The average Bonchev–Trinajstić information content (AvgIpc) is 2.41. The van der Waals surface area contributed by atoms with E-state index in [9.17, 15) is 8.42 Å². The van der Waals surface area contributed by atoms with Gasteiger partial charge in [-0.2, -0.15) is 4.31 Å². The zero-order valence-corrected chi connectivity index (χ0v) is 13.0. The van der Waals surface area contributed by atoms with Gasteiger partial charge in [0, 0.05) is 18.5 Å². The summed E-state index contributed by atoms with van der Waals surface area (Å²) in [4.78, 5) is 0.382. The first-order chi connectivity index (χ1) is 8.96. The molecular weight excluding hydrogens is 282 g/mol. The van der Waals surface area contributed by atoms with E-state index in [4.69, 9.17) is 11.6 Å². The summed E-state index contributed by atoms with van der Waals surface area (Å²) in [6.07, 6.45) is 2.82. The van der Waals surface area contributed by atoms with Gasteiger partial charge in [-0.1, -0.05) is 12.5 Å². The zero-order valence-electron chi connectivity index (χ0n) is 11.4. The first-order valence-corrected chi connectivity index (χ1v) is 8.59. The van der Waals surface area contributed by atoms with Crippen LogP contribution in [0.3, 0.4) is 0 Å². The van der Waals surface area contributed by atoms with Crippen LogP contribution in [0.5, 0.6) is 0 Å². The van der Waals surface area contributed by atoms with Gasteiger partial charge in [0.05, 0.1) is 4.90 Å². The summed E-state index contributed by atoms with van der Waals surface area (Å²) in [5, 5.41) is 0. The fourth-order valence-electron chi connectivity index (χ4n) is 2.45. The van der Waals surface area contributed by atoms with E-state index in [0.717, 1.165) is 30.4 Å². The molecule has 106 valence electrons. The lowest BCUT2D eigenvalue weighted by Gasteiger charge is -2.33. The van der Waals surface area contributed by atoms with Crippen LogP contribution >= 0.6 is 11.6 Å². The van der Waals surface area contributed by atoms with Gasteiger partial charge in [-0.25, -0.2) is 8.42 Å². The molecule has 1 aliphatic heterocycles. The molecular formula is C14H20ClNO2S. The van der Waals surface area contributed by atoms with Crippen molar-refractivity contribution in [3.05, 3.63) is 29.3 Å². The third-order valence-electron chi connectivity index (χ3n) is 3.84. The molecule has 1 unspecified atom stereocenters. The molecule has 1 atom stereocenters. The highest BCUT2D eigenvalue weighted by atomic mass is 35.5. The van der Waals surface area contributed by atoms with E-state index < -0.39 is 10.0 Å². The quantitative estimate of drug-likeness (QED) is 0.805. The number of piperidine rings is 1. The topological polar surface area (TPSA) is 37.4 Å². The maximum atomic E-state index is 12.7. The van der Waals surface area contributed by atoms with Crippen molar-refractivity contribution in [1.29, 1.82) is 0 Å². The van der Waals surface area contributed by atoms with Crippen molar-refractivity contribution in [2.45, 2.75) is 44.0 Å². The lowest BCUT2D eigenvalue weighted by Crippen LogP contribution is -2.44. The lowest BCUT2D eigenvalue weighted by atomic mass is 10.1. The van der Waals surface area contributed by atoms with Gasteiger partial charge in [0.2, 0.25) is 10.0 Å². The highest BCUT2D eigenvalue weighted by molar-refractivity contribution is 7.89. The predicted octanol–water partition coefficient (Wildman–Crippen LogP) is 3.09. The summed E-state index contributed by atoms with van der Waals surface area (Å²) in [6, 6.07) is 5.24. The maximum absolute atomic E-state index is 12.7. The Morgan fingerprint density at radius 2 is 2.00 bits per heavy atom. The third-order valence-corrected chi connectivity index (χ3v) is 6.14. The van der Waals surface area contributed by atoms with Crippen molar-refractivity contribution in [1.82, 2.24) is 4.31 Å². The van der Waals surface area contributed by atoms with E-state index in [2.05, 4.69) is 0 Å². The number of sulfonamides is 1. The Hall–Kier alpha value is -0.580. The summed E-state index contributed by atoms with van der Waals surface area (Å²) in [5.74, 6) is 0.365. The number of alkyl halides is 1. The Labute approximate surface area is 120 Å². The molecule has 0 aliphatic carbocycles. The van der Waals surface area contributed by atoms with Crippen molar-refractivity contribution in [2.24, 2.45) is 0 Å². The van der Waals surface area contributed by atoms with Gasteiger partial charge in [0.25, 0.3) is 0 Å². The van der Waals surface area contributed by atoms with Crippen LogP contribution in [-0.4, -0.2) is 31.2 Å². The molecule has 5 heteroatoms. The molecule has 1 aromatic carbocycles. The fraction of sp³-hybridized carbons (Fsp3) is 0.571. The van der Waals surface area contributed by atoms with Crippen molar-refractivity contribution in [3.63, 3.8) is 0 Å². The second kappa shape index (κ2) is 5.81. The molecule has 1 heterocycles. The summed E-state index contributed by atoms with van der Waals surface area (Å²) in [7, 11) is -3.41. The Kier molecular flexibility index (Phi) is 4.54. The molecule has 0 aromatic heterocycles. The average molecular weight is 302 g/mol. The second-order valence-corrected chi connectivity index (χ2v) is 7.36. The van der Waals surface area contributed by atoms with Crippen LogP contribution in [0, 0.1) is 13.8 Å². The SMILES string of the molecule is Cc1ccc(S(=O)(=O)N2CCCCC2CCl)cc1C. The van der Waals surface area contributed by atoms with Crippen LogP contribution in [0.15, 0.2) is 23.1 Å². The van der Waals surface area contributed by atoms with Crippen molar-refractivity contribution in [3.8, 4) is 0 Å². The number of benzene rings is 1. The largest absolute Gasteiger partial charge is 0.243 e. The van der Waals surface area contributed by atoms with Crippen LogP contribution in [-0.2, 0) is 10.0 Å². The minimum Gasteiger partial charge on any atom is -0.207 e. The zero-order chi connectivity index (χ0) is 14.0. The van der Waals surface area contributed by atoms with Crippen molar-refractivity contribution < 1.29 is 8.42 Å². The third kappa shape index (κ3) is 2.96. The molecule has 0 radical (unpaired) electrons. The number of aryl methyl sites for hydroxylation is 2. The summed E-state index contributed by atoms with van der Waals surface area (Å²) < 4.78 is 27.0. The van der Waals surface area contributed by atoms with E-state index in [1.165, 1.54) is 0 Å². The molecule has 1 aromatic rings. The Bertz CT molecular complexity index is 557. The molecule has 0 N–H and O–H groups in total. The number of nitrogens with zero attached hydrogens (tertiary/aromatic N) is 1. The molecule has 1 fully saturated rings. The Balaban J connectivity index is 2.37. The smallest absolute Gasteiger partial charge is 0.207 e. The molecule has 0 amide bonds. The summed E-state index contributed by atoms with van der Waals surface area (Å²) >= 11 is 5.92. The lowest BCUT2D eigenvalue weighted by molar-refractivity contribution is 0.271. The minimum absolute atomic E-state index is 0.0676. The van der Waals surface area contributed by atoms with E-state index in [0.29, 0.717) is 17.3 Å². The second-order valence-electron chi connectivity index (χ2n) is 5.17. The first-order valence-electron chi connectivity index (χ1n) is 6.62. The van der Waals surface area contributed by atoms with Gasteiger partial charge >= 0.3 is 0 Å². The highest BCUT2D eigenvalue weighted by Gasteiger charge is 2.32. The fourth-order valence-corrected chi connectivity index (χ4v) is 4.64. The molecule has 2 rings (SSSR count). The molecule has 0 spiro atoms. The van der Waals surface area contributed by atoms with Gasteiger partial charge in [0.1, 0.15) is 0 Å². The van der Waals surface area contributed by atoms with Gasteiger partial charge in [-0.15, -0.1) is 11.6 Å². The molecule has 1 aliphatic rings. The molecule has 1 saturated heterocycles. The van der Waals surface area contributed by atoms with Crippen LogP contribution in [0.4, 0.5) is 0 Å². The van der Waals surface area contributed by atoms with Crippen LogP contribution in [0.25, 0.3) is 0 Å². The number of hydrogen-bond donors (Lipinski definition) is 0. The van der Waals surface area contributed by atoms with Gasteiger partial charge in [-0.3, -0.25) is 0 Å². The predicted molar refractivity (Wildman–Crippen MR) is 78.2 cm³/mol. The minimum atomic E-state index is -3.41. The number of rotatable bonds is 3. The van der Waals surface area contributed by atoms with E-state index in [1.54, 1.807) is 16.4 Å². The van der Waals surface area contributed by atoms with Gasteiger partial charge in [0.15, 0.2) is 0 Å². The van der Waals surface area contributed by atoms with E-state index >= 15 is 0 Å². The number of hydrogen-bond acceptors (Lipinski definition) is 2. The normalized spacial score (nSPS) is 21.5. The Morgan fingerprint density at radius 1 is 1.26 bits per heavy atom. The van der Waals surface area contributed by atoms with Crippen LogP contribution in [0.2, 0.25) is 0 Å². The highest BCUT2D eigenvalue weighted by Crippen LogP contribution is 2.27. The molecule has 0 bridgehead atoms. The summed E-state index contributed by atoms with van der Waals surface area (Å²) in [6.45, 7) is 4.49. The molecule has 0 saturated carbocycles. The maximum Gasteiger partial charge on any atom is 0.243 e.